The molecule has 5 nitrogen and oxygen atoms in total. The van der Waals surface area contributed by atoms with Gasteiger partial charge in [-0.2, -0.15) is 0 Å². The number of fused-ring (bicyclic) bond motifs is 2. The third-order valence-electron chi connectivity index (χ3n) is 5.44. The number of aromatic amines is 1. The van der Waals surface area contributed by atoms with Crippen molar-refractivity contribution < 1.29 is 0 Å². The molecule has 1 aliphatic carbocycles. The Labute approximate surface area is 182 Å². The molecule has 1 unspecified atom stereocenters. The maximum Gasteiger partial charge on any atom is 0.121 e. The summed E-state index contributed by atoms with van der Waals surface area (Å²) in [5, 5.41) is 0. The average Bonchev–Trinajstić information content (AvgIpc) is 3.13. The SMILES string of the molecule is C.C.C.C=C(CN)CCN(Cc1nc2ccccc2[nH]1)C1CCCc2cccnc21. The van der Waals surface area contributed by atoms with E-state index >= 15 is 0 Å². The lowest BCUT2D eigenvalue weighted by atomic mass is 9.90. The Hall–Kier alpha value is -2.50. The number of aromatic nitrogens is 3. The van der Waals surface area contributed by atoms with Gasteiger partial charge in [0.1, 0.15) is 5.82 Å². The van der Waals surface area contributed by atoms with Crippen molar-refractivity contribution in [3.05, 3.63) is 71.8 Å². The van der Waals surface area contributed by atoms with Crippen molar-refractivity contribution in [3.63, 3.8) is 0 Å². The summed E-state index contributed by atoms with van der Waals surface area (Å²) in [5.41, 5.74) is 11.5. The minimum Gasteiger partial charge on any atom is -0.341 e. The van der Waals surface area contributed by atoms with E-state index in [4.69, 9.17) is 15.7 Å². The first kappa shape index (κ1) is 25.5. The van der Waals surface area contributed by atoms with E-state index in [-0.39, 0.29) is 22.3 Å². The highest BCUT2D eigenvalue weighted by atomic mass is 15.2. The predicted molar refractivity (Wildman–Crippen MR) is 129 cm³/mol. The van der Waals surface area contributed by atoms with Crippen LogP contribution in [0.2, 0.25) is 0 Å². The largest absolute Gasteiger partial charge is 0.341 e. The van der Waals surface area contributed by atoms with E-state index < -0.39 is 0 Å². The standard InChI is InChI=1S/C22H27N5.3CH4/c1-16(14-23)11-13-27(15-21-25-18-8-2-3-9-19(18)26-21)20-10-4-6-17-7-5-12-24-22(17)20;;;/h2-3,5,7-9,12,20H,1,4,6,10-11,13-15,23H2,(H,25,26);3*1H4. The number of imidazole rings is 1. The number of nitrogens with one attached hydrogen (secondary N) is 1. The lowest BCUT2D eigenvalue weighted by Crippen LogP contribution is -2.33. The van der Waals surface area contributed by atoms with E-state index in [2.05, 4.69) is 28.6 Å². The molecule has 3 aromatic rings. The van der Waals surface area contributed by atoms with Gasteiger partial charge in [-0.15, -0.1) is 0 Å². The third kappa shape index (κ3) is 5.55. The summed E-state index contributed by atoms with van der Waals surface area (Å²) in [5.74, 6) is 0.998. The molecule has 30 heavy (non-hydrogen) atoms. The van der Waals surface area contributed by atoms with Crippen LogP contribution >= 0.6 is 0 Å². The zero-order valence-corrected chi connectivity index (χ0v) is 15.7. The number of pyridine rings is 1. The molecule has 4 rings (SSSR count). The average molecular weight is 410 g/mol. The van der Waals surface area contributed by atoms with Gasteiger partial charge in [-0.05, 0) is 49.4 Å². The van der Waals surface area contributed by atoms with Crippen LogP contribution < -0.4 is 5.73 Å². The van der Waals surface area contributed by atoms with Gasteiger partial charge >= 0.3 is 0 Å². The third-order valence-corrected chi connectivity index (χ3v) is 5.44. The number of para-hydroxylation sites is 2. The molecule has 0 bridgehead atoms. The summed E-state index contributed by atoms with van der Waals surface area (Å²) >= 11 is 0. The van der Waals surface area contributed by atoms with Gasteiger partial charge < -0.3 is 10.7 Å². The molecular weight excluding hydrogens is 370 g/mol. The Morgan fingerprint density at radius 3 is 2.73 bits per heavy atom. The summed E-state index contributed by atoms with van der Waals surface area (Å²) in [7, 11) is 0. The highest BCUT2D eigenvalue weighted by Crippen LogP contribution is 2.34. The van der Waals surface area contributed by atoms with Crippen LogP contribution in [-0.2, 0) is 13.0 Å². The molecule has 1 atom stereocenters. The molecule has 0 fully saturated rings. The minimum atomic E-state index is 0. The van der Waals surface area contributed by atoms with Gasteiger partial charge in [0, 0.05) is 19.3 Å². The first-order chi connectivity index (χ1) is 13.2. The second-order valence-corrected chi connectivity index (χ2v) is 7.33. The zero-order chi connectivity index (χ0) is 18.6. The molecular formula is C25H39N5. The molecule has 0 aliphatic heterocycles. The molecule has 2 aromatic heterocycles. The van der Waals surface area contributed by atoms with Crippen molar-refractivity contribution in [2.24, 2.45) is 5.73 Å². The van der Waals surface area contributed by atoms with Crippen molar-refractivity contribution in [3.8, 4) is 0 Å². The zero-order valence-electron chi connectivity index (χ0n) is 15.7. The fourth-order valence-electron chi connectivity index (χ4n) is 3.96. The van der Waals surface area contributed by atoms with Crippen molar-refractivity contribution in [2.75, 3.05) is 13.1 Å². The van der Waals surface area contributed by atoms with Crippen LogP contribution in [0.25, 0.3) is 11.0 Å². The number of aryl methyl sites for hydroxylation is 1. The van der Waals surface area contributed by atoms with Crippen molar-refractivity contribution in [1.82, 2.24) is 19.9 Å². The molecule has 3 N–H and O–H groups in total. The van der Waals surface area contributed by atoms with Crippen LogP contribution in [0.1, 0.15) is 64.7 Å². The summed E-state index contributed by atoms with van der Waals surface area (Å²) in [6.07, 6.45) is 6.25. The maximum absolute atomic E-state index is 5.77. The van der Waals surface area contributed by atoms with E-state index in [1.54, 1.807) is 0 Å². The lowest BCUT2D eigenvalue weighted by Gasteiger charge is -2.34. The molecule has 2 heterocycles. The van der Waals surface area contributed by atoms with Gasteiger partial charge in [0.2, 0.25) is 0 Å². The molecule has 0 amide bonds. The van der Waals surface area contributed by atoms with Gasteiger partial charge in [0.25, 0.3) is 0 Å². The number of benzene rings is 1. The molecule has 1 aliphatic rings. The Morgan fingerprint density at radius 1 is 1.17 bits per heavy atom. The van der Waals surface area contributed by atoms with E-state index in [0.717, 1.165) is 54.8 Å². The van der Waals surface area contributed by atoms with Crippen LogP contribution in [0.3, 0.4) is 0 Å². The summed E-state index contributed by atoms with van der Waals surface area (Å²) in [6, 6.07) is 12.8. The van der Waals surface area contributed by atoms with Crippen LogP contribution in [0, 0.1) is 0 Å². The monoisotopic (exact) mass is 409 g/mol. The highest BCUT2D eigenvalue weighted by Gasteiger charge is 2.27. The van der Waals surface area contributed by atoms with Gasteiger partial charge in [0.15, 0.2) is 0 Å². The van der Waals surface area contributed by atoms with E-state index in [9.17, 15) is 0 Å². The molecule has 0 radical (unpaired) electrons. The quantitative estimate of drug-likeness (QED) is 0.495. The van der Waals surface area contributed by atoms with Crippen LogP contribution in [0.15, 0.2) is 54.7 Å². The normalized spacial score (nSPS) is 14.9. The van der Waals surface area contributed by atoms with Crippen LogP contribution in [-0.4, -0.2) is 32.9 Å². The van der Waals surface area contributed by atoms with Crippen LogP contribution in [0.4, 0.5) is 0 Å². The van der Waals surface area contributed by atoms with Crippen LogP contribution in [0.5, 0.6) is 0 Å². The second kappa shape index (κ2) is 11.6. The number of rotatable bonds is 7. The van der Waals surface area contributed by atoms with E-state index in [0.29, 0.717) is 12.6 Å². The minimum absolute atomic E-state index is 0. The Kier molecular flexibility index (Phi) is 9.90. The summed E-state index contributed by atoms with van der Waals surface area (Å²) in [6.45, 7) is 6.31. The van der Waals surface area contributed by atoms with E-state index in [1.807, 2.05) is 30.5 Å². The molecule has 5 heteroatoms. The van der Waals surface area contributed by atoms with Crippen molar-refractivity contribution >= 4 is 11.0 Å². The van der Waals surface area contributed by atoms with Crippen molar-refractivity contribution in [1.29, 1.82) is 0 Å². The predicted octanol–water partition coefficient (Wildman–Crippen LogP) is 5.65. The molecule has 1 aromatic carbocycles. The second-order valence-electron chi connectivity index (χ2n) is 7.33. The fourth-order valence-corrected chi connectivity index (χ4v) is 3.96. The number of nitrogens with zero attached hydrogens (tertiary/aromatic N) is 3. The number of hydrogen-bond donors (Lipinski definition) is 2. The number of H-pyrrole nitrogens is 1. The Morgan fingerprint density at radius 2 is 1.97 bits per heavy atom. The molecule has 164 valence electrons. The smallest absolute Gasteiger partial charge is 0.121 e. The Bertz CT molecular complexity index is 897. The van der Waals surface area contributed by atoms with Gasteiger partial charge in [0.05, 0.1) is 29.3 Å². The molecule has 0 saturated heterocycles. The molecule has 0 spiro atoms. The summed E-state index contributed by atoms with van der Waals surface area (Å²) < 4.78 is 0. The van der Waals surface area contributed by atoms with Gasteiger partial charge in [-0.25, -0.2) is 4.98 Å². The maximum atomic E-state index is 5.77. The van der Waals surface area contributed by atoms with Crippen molar-refractivity contribution in [2.45, 2.75) is 60.5 Å². The highest BCUT2D eigenvalue weighted by molar-refractivity contribution is 5.74. The summed E-state index contributed by atoms with van der Waals surface area (Å²) in [4.78, 5) is 15.5. The van der Waals surface area contributed by atoms with Gasteiger partial charge in [-0.1, -0.05) is 52.6 Å². The van der Waals surface area contributed by atoms with Gasteiger partial charge in [-0.3, -0.25) is 9.88 Å². The lowest BCUT2D eigenvalue weighted by molar-refractivity contribution is 0.164. The first-order valence-corrected chi connectivity index (χ1v) is 9.73. The van der Waals surface area contributed by atoms with E-state index in [1.165, 1.54) is 17.7 Å². The topological polar surface area (TPSA) is 70.8 Å². The first-order valence-electron chi connectivity index (χ1n) is 9.73. The number of nitrogens with two attached hydrogens (primary N) is 1. The Balaban J connectivity index is 0.00000150. The fraction of sp³-hybridized carbons (Fsp3) is 0.440. The number of hydrogen-bond acceptors (Lipinski definition) is 4. The molecule has 0 saturated carbocycles.